The first-order valence-electron chi connectivity index (χ1n) is 4.22. The Morgan fingerprint density at radius 1 is 1.64 bits per heavy atom. The van der Waals surface area contributed by atoms with Gasteiger partial charge in [-0.2, -0.15) is 0 Å². The molecule has 0 radical (unpaired) electrons. The second-order valence-electron chi connectivity index (χ2n) is 2.62. The lowest BCUT2D eigenvalue weighted by Crippen LogP contribution is -1.95. The van der Waals surface area contributed by atoms with Crippen molar-refractivity contribution in [2.24, 2.45) is 0 Å². The minimum atomic E-state index is -0.442. The van der Waals surface area contributed by atoms with Crippen LogP contribution in [0.3, 0.4) is 0 Å². The molecule has 1 rings (SSSR count). The largest absolute Gasteiger partial charge is 0.493 e. The van der Waals surface area contributed by atoms with E-state index in [1.165, 1.54) is 18.2 Å². The summed E-state index contributed by atoms with van der Waals surface area (Å²) in [5.41, 5.74) is 0.685. The summed E-state index contributed by atoms with van der Waals surface area (Å²) in [5, 5.41) is 10.5. The van der Waals surface area contributed by atoms with Crippen LogP contribution in [-0.4, -0.2) is 11.5 Å². The normalized spacial score (nSPS) is 9.50. The summed E-state index contributed by atoms with van der Waals surface area (Å²) in [6, 6.07) is 4.44. The van der Waals surface area contributed by atoms with E-state index in [-0.39, 0.29) is 5.69 Å². The minimum Gasteiger partial charge on any atom is -0.493 e. The highest BCUT2D eigenvalue weighted by atomic mass is 16.6. The van der Waals surface area contributed by atoms with E-state index in [1.54, 1.807) is 6.07 Å². The van der Waals surface area contributed by atoms with Crippen molar-refractivity contribution in [3.63, 3.8) is 0 Å². The first-order valence-corrected chi connectivity index (χ1v) is 4.22. The van der Waals surface area contributed by atoms with Crippen molar-refractivity contribution >= 4 is 11.8 Å². The van der Waals surface area contributed by atoms with Gasteiger partial charge < -0.3 is 4.74 Å². The molecular formula is C10H11NO3. The smallest absolute Gasteiger partial charge is 0.270 e. The van der Waals surface area contributed by atoms with Gasteiger partial charge in [-0.15, -0.1) is 0 Å². The van der Waals surface area contributed by atoms with Crippen LogP contribution < -0.4 is 4.74 Å². The molecule has 0 bridgehead atoms. The van der Waals surface area contributed by atoms with Crippen LogP contribution in [0.5, 0.6) is 5.75 Å². The first-order chi connectivity index (χ1) is 6.69. The summed E-state index contributed by atoms with van der Waals surface area (Å²) in [4.78, 5) is 10.0. The fourth-order valence-corrected chi connectivity index (χ4v) is 1.10. The molecule has 14 heavy (non-hydrogen) atoms. The number of benzene rings is 1. The van der Waals surface area contributed by atoms with Gasteiger partial charge in [0.15, 0.2) is 0 Å². The van der Waals surface area contributed by atoms with Crippen LogP contribution in [0, 0.1) is 10.1 Å². The van der Waals surface area contributed by atoms with Gasteiger partial charge in [-0.3, -0.25) is 10.1 Å². The molecule has 1 aromatic rings. The van der Waals surface area contributed by atoms with Gasteiger partial charge in [-0.1, -0.05) is 12.7 Å². The van der Waals surface area contributed by atoms with E-state index in [1.807, 2.05) is 6.92 Å². The summed E-state index contributed by atoms with van der Waals surface area (Å²) in [7, 11) is 0. The predicted molar refractivity (Wildman–Crippen MR) is 54.4 cm³/mol. The Bertz CT molecular complexity index is 360. The molecule has 0 N–H and O–H groups in total. The number of hydrogen-bond acceptors (Lipinski definition) is 3. The molecule has 0 saturated carbocycles. The molecular weight excluding hydrogens is 182 g/mol. The maximum atomic E-state index is 10.5. The number of nitro groups is 1. The average molecular weight is 193 g/mol. The molecule has 0 fully saturated rings. The van der Waals surface area contributed by atoms with E-state index in [2.05, 4.69) is 6.58 Å². The van der Waals surface area contributed by atoms with Crippen molar-refractivity contribution < 1.29 is 9.66 Å². The van der Waals surface area contributed by atoms with Gasteiger partial charge in [0.05, 0.1) is 11.5 Å². The Kier molecular flexibility index (Phi) is 3.23. The molecule has 0 aromatic heterocycles. The molecule has 0 spiro atoms. The summed E-state index contributed by atoms with van der Waals surface area (Å²) < 4.78 is 5.27. The third kappa shape index (κ3) is 2.10. The average Bonchev–Trinajstić information content (AvgIpc) is 2.18. The number of nitro benzene ring substituents is 1. The molecule has 0 atom stereocenters. The molecule has 0 unspecified atom stereocenters. The fraction of sp³-hybridized carbons (Fsp3) is 0.200. The Morgan fingerprint density at radius 3 is 2.86 bits per heavy atom. The standard InChI is InChI=1S/C10H11NO3/c1-3-8-7-9(11(12)13)5-6-10(8)14-4-2/h3,5-7H,1,4H2,2H3. The van der Waals surface area contributed by atoms with Gasteiger partial charge in [-0.05, 0) is 13.0 Å². The van der Waals surface area contributed by atoms with Gasteiger partial charge in [0.1, 0.15) is 5.75 Å². The molecule has 0 aliphatic carbocycles. The van der Waals surface area contributed by atoms with Crippen LogP contribution in [-0.2, 0) is 0 Å². The highest BCUT2D eigenvalue weighted by Gasteiger charge is 2.08. The van der Waals surface area contributed by atoms with E-state index < -0.39 is 4.92 Å². The second-order valence-corrected chi connectivity index (χ2v) is 2.62. The Morgan fingerprint density at radius 2 is 2.36 bits per heavy atom. The molecule has 4 heteroatoms. The van der Waals surface area contributed by atoms with Crippen molar-refractivity contribution in [1.29, 1.82) is 0 Å². The zero-order valence-corrected chi connectivity index (χ0v) is 7.90. The third-order valence-corrected chi connectivity index (χ3v) is 1.72. The lowest BCUT2D eigenvalue weighted by molar-refractivity contribution is -0.384. The topological polar surface area (TPSA) is 52.4 Å². The van der Waals surface area contributed by atoms with Crippen molar-refractivity contribution in [3.8, 4) is 5.75 Å². The molecule has 1 aromatic carbocycles. The highest BCUT2D eigenvalue weighted by molar-refractivity contribution is 5.59. The number of rotatable bonds is 4. The summed E-state index contributed by atoms with van der Waals surface area (Å²) in [6.45, 7) is 5.95. The number of nitrogens with zero attached hydrogens (tertiary/aromatic N) is 1. The Hall–Kier alpha value is -1.84. The van der Waals surface area contributed by atoms with E-state index in [0.717, 1.165) is 0 Å². The second kappa shape index (κ2) is 4.41. The summed E-state index contributed by atoms with van der Waals surface area (Å²) in [6.07, 6.45) is 1.54. The maximum absolute atomic E-state index is 10.5. The van der Waals surface area contributed by atoms with Crippen LogP contribution in [0.2, 0.25) is 0 Å². The van der Waals surface area contributed by atoms with E-state index in [4.69, 9.17) is 4.74 Å². The van der Waals surface area contributed by atoms with E-state index in [9.17, 15) is 10.1 Å². The number of ether oxygens (including phenoxy) is 1. The quantitative estimate of drug-likeness (QED) is 0.545. The van der Waals surface area contributed by atoms with Crippen LogP contribution in [0.15, 0.2) is 24.8 Å². The van der Waals surface area contributed by atoms with Gasteiger partial charge in [0.25, 0.3) is 5.69 Å². The molecule has 74 valence electrons. The fourth-order valence-electron chi connectivity index (χ4n) is 1.10. The van der Waals surface area contributed by atoms with Crippen LogP contribution in [0.25, 0.3) is 6.08 Å². The molecule has 0 heterocycles. The molecule has 4 nitrogen and oxygen atoms in total. The maximum Gasteiger partial charge on any atom is 0.270 e. The lowest BCUT2D eigenvalue weighted by atomic mass is 10.2. The molecule has 0 amide bonds. The van der Waals surface area contributed by atoms with Gasteiger partial charge in [-0.25, -0.2) is 0 Å². The van der Waals surface area contributed by atoms with Crippen molar-refractivity contribution in [2.45, 2.75) is 6.92 Å². The van der Waals surface area contributed by atoms with E-state index >= 15 is 0 Å². The minimum absolute atomic E-state index is 0.0448. The summed E-state index contributed by atoms with van der Waals surface area (Å²) >= 11 is 0. The molecule has 0 aliphatic rings. The van der Waals surface area contributed by atoms with Crippen molar-refractivity contribution in [2.75, 3.05) is 6.61 Å². The Balaban J connectivity index is 3.11. The van der Waals surface area contributed by atoms with Crippen molar-refractivity contribution in [1.82, 2.24) is 0 Å². The van der Waals surface area contributed by atoms with Crippen LogP contribution in [0.4, 0.5) is 5.69 Å². The number of non-ortho nitro benzene ring substituents is 1. The first kappa shape index (κ1) is 10.2. The predicted octanol–water partition coefficient (Wildman–Crippen LogP) is 2.64. The highest BCUT2D eigenvalue weighted by Crippen LogP contribution is 2.24. The monoisotopic (exact) mass is 193 g/mol. The van der Waals surface area contributed by atoms with Gasteiger partial charge in [0.2, 0.25) is 0 Å². The van der Waals surface area contributed by atoms with Crippen LogP contribution in [0.1, 0.15) is 12.5 Å². The van der Waals surface area contributed by atoms with E-state index in [0.29, 0.717) is 17.9 Å². The zero-order chi connectivity index (χ0) is 10.6. The SMILES string of the molecule is C=Cc1cc([N+](=O)[O-])ccc1OCC. The Labute approximate surface area is 82.0 Å². The van der Waals surface area contributed by atoms with Gasteiger partial charge in [0, 0.05) is 17.7 Å². The summed E-state index contributed by atoms with van der Waals surface area (Å²) in [5.74, 6) is 0.619. The number of hydrogen-bond donors (Lipinski definition) is 0. The molecule has 0 saturated heterocycles. The van der Waals surface area contributed by atoms with Crippen LogP contribution >= 0.6 is 0 Å². The lowest BCUT2D eigenvalue weighted by Gasteiger charge is -2.05. The zero-order valence-electron chi connectivity index (χ0n) is 7.90. The van der Waals surface area contributed by atoms with Crippen molar-refractivity contribution in [3.05, 3.63) is 40.5 Å². The molecule has 0 aliphatic heterocycles. The third-order valence-electron chi connectivity index (χ3n) is 1.72. The van der Waals surface area contributed by atoms with Gasteiger partial charge >= 0.3 is 0 Å².